The van der Waals surface area contributed by atoms with Crippen molar-refractivity contribution in [2.24, 2.45) is 0 Å². The topological polar surface area (TPSA) is 50.1 Å². The van der Waals surface area contributed by atoms with E-state index in [9.17, 15) is 19.2 Å². The van der Waals surface area contributed by atoms with Crippen molar-refractivity contribution in [3.05, 3.63) is 344 Å². The van der Waals surface area contributed by atoms with Gasteiger partial charge in [-0.25, -0.2) is 15.0 Å². The first-order chi connectivity index (χ1) is 61.0. The third-order valence-electron chi connectivity index (χ3n) is 20.2. The fourth-order valence-corrected chi connectivity index (χ4v) is 14.8. The largest absolute Gasteiger partial charge is 0.311 e. The van der Waals surface area contributed by atoms with Crippen LogP contribution in [0, 0.1) is 0 Å². The Kier molecular flexibility index (Phi) is 10.9. The highest BCUT2D eigenvalue weighted by molar-refractivity contribution is 7.00. The van der Waals surface area contributed by atoms with Gasteiger partial charge in [0.2, 0.25) is 0 Å². The molecule has 0 N–H and O–H groups in total. The predicted octanol–water partition coefficient (Wildman–Crippen LogP) is 24.3. The minimum absolute atomic E-state index is 0.0788. The van der Waals surface area contributed by atoms with E-state index >= 15 is 0 Å². The van der Waals surface area contributed by atoms with Crippen LogP contribution in [-0.2, 0) is 16.2 Å². The van der Waals surface area contributed by atoms with Crippen molar-refractivity contribution < 1.29 is 31.5 Å². The lowest BCUT2D eigenvalue weighted by molar-refractivity contribution is 0.569. The summed E-state index contributed by atoms with van der Waals surface area (Å²) in [6, 6.07) is 45.9. The second kappa shape index (κ2) is 25.8. The summed E-state index contributed by atoms with van der Waals surface area (Å²) < 4.78 is 217. The average Bonchev–Trinajstić information content (AvgIpc) is 1.54. The molecule has 6 nitrogen and oxygen atoms in total. The molecule has 0 unspecified atom stereocenters. The normalized spacial score (nSPS) is 15.7. The van der Waals surface area contributed by atoms with Crippen molar-refractivity contribution in [3.8, 4) is 95.5 Å². The van der Waals surface area contributed by atoms with Crippen LogP contribution in [0.3, 0.4) is 0 Å². The molecule has 2 aliphatic rings. The molecule has 510 valence electrons. The van der Waals surface area contributed by atoms with E-state index in [1.165, 1.54) is 4.57 Å². The zero-order valence-electron chi connectivity index (χ0n) is 82.7. The van der Waals surface area contributed by atoms with Crippen molar-refractivity contribution in [3.63, 3.8) is 0 Å². The molecule has 2 aromatic heterocycles. The predicted molar refractivity (Wildman–Crippen MR) is 448 cm³/mol. The molecule has 0 bridgehead atoms. The van der Waals surface area contributed by atoms with E-state index in [2.05, 4.69) is 88.9 Å². The highest BCUT2D eigenvalue weighted by Crippen LogP contribution is 2.54. The molecule has 18 rings (SSSR count). The van der Waals surface area contributed by atoms with Gasteiger partial charge in [0.15, 0.2) is 17.5 Å². The monoisotopic (exact) mass is 1390 g/mol. The van der Waals surface area contributed by atoms with Crippen LogP contribution in [0.2, 0.25) is 0 Å². The first kappa shape index (κ1) is 44.9. The van der Waals surface area contributed by atoms with Crippen molar-refractivity contribution in [1.29, 1.82) is 0 Å². The van der Waals surface area contributed by atoms with Crippen LogP contribution in [0.1, 0.15) is 111 Å². The standard InChI is InChI=1S/C99H81BN6/c1-97(2,3)74-54-72(55-75(60-74)98(4,5)6)73-58-90-92-91(59-73)106(93-81(67-38-22-13-23-39-67)61-76(99(7,8)9)62-82(93)96-102-94(68-40-24-14-25-41-68)101-95(103-96)69-42-26-15-27-43-69)89-63-77(104-85-46-30-28-44-78(85)79-45-29-31-47-86(79)104)50-52-84(89)100(92)83-51-48-71(65-34-18-11-19-35-65)57-88(83)105(90)87-53-49-70(64-32-16-10-17-33-64)56-80(87)66-36-20-12-21-37-66/h10-63H,1-9H3/i11D,14D,15D,18D,19D,24D,25D,26D,27D,28D,29D,30D,31D,34D,35D,40D,41D,42D,43D,44D,45D,46D,47D. The van der Waals surface area contributed by atoms with E-state index in [-0.39, 0.29) is 55.7 Å². The maximum atomic E-state index is 9.97. The SMILES string of the molecule is [2H]c1c([2H])c([2H])c(-c2ccc3c(c2)N(c2ccc(-c4ccccc4)cc2-c2ccccc2)c2cc(-c4cc(C(C)(C)C)cc(C(C)(C)C)c4)cc4c2B3c2ccc(-n3c5c([2H])c([2H])c([2H])c([2H])c5c5c([2H])c([2H])c([2H])c([2H])c53)cc2N4c2c(-c3ccccc3)cc(C(C)(C)C)cc2-c2nc(-c3c([2H])c([2H])c([2H])c([2H])c3[2H])nc(-c3c([2H])c([2H])c([2H])c([2H])c3[2H])n2)c([2H])c1[2H]. The van der Waals surface area contributed by atoms with Crippen LogP contribution in [-0.4, -0.2) is 26.2 Å². The molecule has 0 atom stereocenters. The molecule has 0 radical (unpaired) electrons. The molecule has 4 heterocycles. The quantitative estimate of drug-likeness (QED) is 0.121. The summed E-state index contributed by atoms with van der Waals surface area (Å²) in [5, 5.41) is -0.392. The Morgan fingerprint density at radius 2 is 0.717 bits per heavy atom. The van der Waals surface area contributed by atoms with E-state index in [0.717, 1.165) is 38.9 Å². The molecule has 0 saturated carbocycles. The number of aromatic nitrogens is 4. The lowest BCUT2D eigenvalue weighted by Crippen LogP contribution is -2.61. The molecule has 0 aliphatic carbocycles. The molecule has 0 fully saturated rings. The first-order valence-electron chi connectivity index (χ1n) is 46.7. The fourth-order valence-electron chi connectivity index (χ4n) is 14.8. The summed E-state index contributed by atoms with van der Waals surface area (Å²) in [6.45, 7) is 17.9. The van der Waals surface area contributed by atoms with Crippen LogP contribution < -0.4 is 26.2 Å². The van der Waals surface area contributed by atoms with Crippen molar-refractivity contribution in [2.45, 2.75) is 78.6 Å². The van der Waals surface area contributed by atoms with Gasteiger partial charge in [-0.05, 0) is 161 Å². The summed E-state index contributed by atoms with van der Waals surface area (Å²) >= 11 is 0. The zero-order chi connectivity index (χ0) is 92.2. The van der Waals surface area contributed by atoms with Crippen molar-refractivity contribution in [2.75, 3.05) is 9.80 Å². The summed E-state index contributed by atoms with van der Waals surface area (Å²) in [5.74, 6) is -1.41. The third kappa shape index (κ3) is 11.6. The Bertz CT molecular complexity index is 7270. The molecule has 0 saturated heterocycles. The van der Waals surface area contributed by atoms with Gasteiger partial charge in [-0.3, -0.25) is 0 Å². The number of fused-ring (bicyclic) bond motifs is 7. The smallest absolute Gasteiger partial charge is 0.252 e. The van der Waals surface area contributed by atoms with E-state index < -0.39 is 185 Å². The van der Waals surface area contributed by atoms with Gasteiger partial charge in [0.25, 0.3) is 6.71 Å². The Hall–Kier alpha value is -12.4. The van der Waals surface area contributed by atoms with E-state index in [0.29, 0.717) is 67.1 Å². The minimum Gasteiger partial charge on any atom is -0.311 e. The molecule has 7 heteroatoms. The Labute approximate surface area is 655 Å². The second-order valence-electron chi connectivity index (χ2n) is 29.9. The van der Waals surface area contributed by atoms with E-state index in [1.54, 1.807) is 18.2 Å². The maximum absolute atomic E-state index is 9.97. The summed E-state index contributed by atoms with van der Waals surface area (Å²) in [4.78, 5) is 19.6. The van der Waals surface area contributed by atoms with Crippen LogP contribution >= 0.6 is 0 Å². The van der Waals surface area contributed by atoms with Crippen molar-refractivity contribution >= 4 is 79.0 Å². The number of nitrogens with zero attached hydrogens (tertiary/aromatic N) is 6. The van der Waals surface area contributed by atoms with E-state index in [1.807, 2.05) is 153 Å². The van der Waals surface area contributed by atoms with Gasteiger partial charge in [-0.2, -0.15) is 0 Å². The van der Waals surface area contributed by atoms with Gasteiger partial charge in [0.05, 0.1) is 53.9 Å². The van der Waals surface area contributed by atoms with Crippen LogP contribution in [0.15, 0.2) is 327 Å². The van der Waals surface area contributed by atoms with E-state index in [4.69, 9.17) is 27.3 Å². The minimum atomic E-state index is -0.965. The molecule has 0 amide bonds. The molecule has 0 spiro atoms. The van der Waals surface area contributed by atoms with Gasteiger partial charge in [-0.15, -0.1) is 0 Å². The average molecular weight is 1390 g/mol. The Morgan fingerprint density at radius 3 is 1.27 bits per heavy atom. The van der Waals surface area contributed by atoms with Gasteiger partial charge >= 0.3 is 0 Å². The van der Waals surface area contributed by atoms with Crippen LogP contribution in [0.25, 0.3) is 117 Å². The Morgan fingerprint density at radius 1 is 0.292 bits per heavy atom. The molecule has 2 aliphatic heterocycles. The van der Waals surface area contributed by atoms with Gasteiger partial charge in [-0.1, -0.05) is 323 Å². The zero-order valence-corrected chi connectivity index (χ0v) is 59.7. The van der Waals surface area contributed by atoms with Gasteiger partial charge in [0.1, 0.15) is 0 Å². The third-order valence-corrected chi connectivity index (χ3v) is 20.2. The number of benzene rings is 14. The van der Waals surface area contributed by atoms with Gasteiger partial charge in [0, 0.05) is 67.0 Å². The lowest BCUT2D eigenvalue weighted by atomic mass is 9.33. The van der Waals surface area contributed by atoms with Crippen LogP contribution in [0.4, 0.5) is 34.1 Å². The fraction of sp³-hybridized carbons (Fsp3) is 0.121. The number of rotatable bonds is 11. The Balaban J connectivity index is 1.10. The summed E-state index contributed by atoms with van der Waals surface area (Å²) in [6.07, 6.45) is 0. The second-order valence-corrected chi connectivity index (χ2v) is 29.9. The number of hydrogen-bond donors (Lipinski definition) is 0. The first-order valence-corrected chi connectivity index (χ1v) is 35.2. The molecular formula is C99H81BN6. The number of anilines is 6. The number of hydrogen-bond acceptors (Lipinski definition) is 5. The summed E-state index contributed by atoms with van der Waals surface area (Å²) in [7, 11) is 0. The molecule has 14 aromatic carbocycles. The van der Waals surface area contributed by atoms with Crippen LogP contribution in [0.5, 0.6) is 0 Å². The highest BCUT2D eigenvalue weighted by Gasteiger charge is 2.46. The number of para-hydroxylation sites is 2. The summed E-state index contributed by atoms with van der Waals surface area (Å²) in [5.41, 5.74) is 9.85. The molecule has 16 aromatic rings. The molecular weight excluding hydrogens is 1280 g/mol. The van der Waals surface area contributed by atoms with Gasteiger partial charge < -0.3 is 14.4 Å². The maximum Gasteiger partial charge on any atom is 0.252 e. The highest BCUT2D eigenvalue weighted by atomic mass is 15.2. The lowest BCUT2D eigenvalue weighted by Gasteiger charge is -2.46. The van der Waals surface area contributed by atoms with Crippen molar-refractivity contribution in [1.82, 2.24) is 19.5 Å². The molecule has 106 heavy (non-hydrogen) atoms.